The van der Waals surface area contributed by atoms with E-state index in [1.807, 2.05) is 30.4 Å². The van der Waals surface area contributed by atoms with Crippen molar-refractivity contribution < 1.29 is 58.0 Å². The van der Waals surface area contributed by atoms with Gasteiger partial charge in [-0.2, -0.15) is 0 Å². The number of esters is 2. The van der Waals surface area contributed by atoms with Crippen LogP contribution in [-0.4, -0.2) is 88.1 Å². The van der Waals surface area contributed by atoms with Gasteiger partial charge in [0.15, 0.2) is 6.10 Å². The van der Waals surface area contributed by atoms with Crippen LogP contribution in [0.15, 0.2) is 48.6 Å². The fraction of sp³-hybridized carbons (Fsp3) is 0.762. The first-order chi connectivity index (χ1) is 26.4. The van der Waals surface area contributed by atoms with E-state index >= 15 is 0 Å². The summed E-state index contributed by atoms with van der Waals surface area (Å²) in [5.74, 6) is -0.381. The Labute approximate surface area is 331 Å². The highest BCUT2D eigenvalue weighted by atomic mass is 31.2. The van der Waals surface area contributed by atoms with E-state index in [2.05, 4.69) is 25.3 Å². The molecule has 1 unspecified atom stereocenters. The Morgan fingerprint density at radius 3 is 1.71 bits per heavy atom. The zero-order valence-electron chi connectivity index (χ0n) is 34.0. The van der Waals surface area contributed by atoms with Crippen molar-refractivity contribution in [2.24, 2.45) is 5.92 Å². The SMILES string of the molecule is CCCCC[C@@H](O)/C=C/C=C\C/C=C\C=C\[C@@H](O)CCCC(=O)O[C@H](COC(=O)CCCCCCCCCCCCC(C)C)COP(=O)(O)OC[C@@H](O)CO. The molecule has 0 aliphatic rings. The predicted molar refractivity (Wildman–Crippen MR) is 217 cm³/mol. The summed E-state index contributed by atoms with van der Waals surface area (Å²) in [5, 5.41) is 38.4. The van der Waals surface area contributed by atoms with E-state index in [9.17, 15) is 34.4 Å². The number of aliphatic hydroxyl groups excluding tert-OH is 4. The van der Waals surface area contributed by atoms with Crippen molar-refractivity contribution in [2.45, 2.75) is 174 Å². The quantitative estimate of drug-likeness (QED) is 0.0175. The Morgan fingerprint density at radius 1 is 0.636 bits per heavy atom. The number of allylic oxidation sites excluding steroid dienone is 6. The number of aliphatic hydroxyl groups is 4. The van der Waals surface area contributed by atoms with E-state index in [-0.39, 0.29) is 19.3 Å². The first-order valence-electron chi connectivity index (χ1n) is 20.7. The molecule has 0 saturated carbocycles. The van der Waals surface area contributed by atoms with Gasteiger partial charge in [0, 0.05) is 12.8 Å². The van der Waals surface area contributed by atoms with Gasteiger partial charge in [-0.05, 0) is 38.0 Å². The van der Waals surface area contributed by atoms with Gasteiger partial charge in [-0.1, -0.05) is 153 Å². The molecule has 5 N–H and O–H groups in total. The molecule has 0 aromatic heterocycles. The summed E-state index contributed by atoms with van der Waals surface area (Å²) in [6, 6.07) is 0. The van der Waals surface area contributed by atoms with Gasteiger partial charge < -0.3 is 34.8 Å². The fourth-order valence-electron chi connectivity index (χ4n) is 5.33. The predicted octanol–water partition coefficient (Wildman–Crippen LogP) is 8.35. The largest absolute Gasteiger partial charge is 0.472 e. The van der Waals surface area contributed by atoms with Crippen molar-refractivity contribution in [1.82, 2.24) is 0 Å². The average molecular weight is 803 g/mol. The van der Waals surface area contributed by atoms with Crippen molar-refractivity contribution >= 4 is 19.8 Å². The van der Waals surface area contributed by atoms with Crippen molar-refractivity contribution in [3.8, 4) is 0 Å². The van der Waals surface area contributed by atoms with Crippen LogP contribution in [0.25, 0.3) is 0 Å². The van der Waals surface area contributed by atoms with Gasteiger partial charge in [-0.3, -0.25) is 18.6 Å². The highest BCUT2D eigenvalue weighted by molar-refractivity contribution is 7.47. The number of carbonyl (C=O) groups excluding carboxylic acids is 2. The Kier molecular flexibility index (Phi) is 34.8. The average Bonchev–Trinajstić information content (AvgIpc) is 3.14. The lowest BCUT2D eigenvalue weighted by Crippen LogP contribution is -2.30. The second-order valence-corrected chi connectivity index (χ2v) is 16.0. The van der Waals surface area contributed by atoms with Gasteiger partial charge in [0.2, 0.25) is 0 Å². The lowest BCUT2D eigenvalue weighted by Gasteiger charge is -2.20. The summed E-state index contributed by atoms with van der Waals surface area (Å²) < 4.78 is 32.5. The van der Waals surface area contributed by atoms with E-state index in [1.165, 1.54) is 44.9 Å². The summed E-state index contributed by atoms with van der Waals surface area (Å²) >= 11 is 0. The van der Waals surface area contributed by atoms with Gasteiger partial charge in [0.1, 0.15) is 12.7 Å². The van der Waals surface area contributed by atoms with Gasteiger partial charge in [0.25, 0.3) is 0 Å². The molecule has 0 radical (unpaired) electrons. The third kappa shape index (κ3) is 37.2. The Bertz CT molecular complexity index is 1110. The van der Waals surface area contributed by atoms with Crippen LogP contribution in [0.2, 0.25) is 0 Å². The summed E-state index contributed by atoms with van der Waals surface area (Å²) in [4.78, 5) is 34.9. The molecular weight excluding hydrogens is 727 g/mol. The highest BCUT2D eigenvalue weighted by Crippen LogP contribution is 2.43. The molecule has 5 atom stereocenters. The monoisotopic (exact) mass is 802 g/mol. The zero-order chi connectivity index (χ0) is 41.0. The van der Waals surface area contributed by atoms with Crippen LogP contribution in [0.3, 0.4) is 0 Å². The number of rotatable bonds is 37. The zero-order valence-corrected chi connectivity index (χ0v) is 34.9. The second-order valence-electron chi connectivity index (χ2n) is 14.5. The molecule has 12 nitrogen and oxygen atoms in total. The number of unbranched alkanes of at least 4 members (excludes halogenated alkanes) is 11. The Hall–Kier alpha value is -2.15. The molecule has 0 aromatic rings. The summed E-state index contributed by atoms with van der Waals surface area (Å²) in [6.07, 6.45) is 28.7. The normalized spacial score (nSPS) is 15.7. The minimum absolute atomic E-state index is 0.0646. The molecule has 0 heterocycles. The highest BCUT2D eigenvalue weighted by Gasteiger charge is 2.27. The number of phosphoric ester groups is 1. The fourth-order valence-corrected chi connectivity index (χ4v) is 6.12. The number of hydrogen-bond donors (Lipinski definition) is 5. The summed E-state index contributed by atoms with van der Waals surface area (Å²) in [7, 11) is -4.68. The van der Waals surface area contributed by atoms with Gasteiger partial charge in [-0.25, -0.2) is 4.57 Å². The first kappa shape index (κ1) is 52.9. The maximum absolute atomic E-state index is 12.6. The van der Waals surface area contributed by atoms with E-state index in [0.717, 1.165) is 50.9 Å². The van der Waals surface area contributed by atoms with Crippen LogP contribution in [0, 0.1) is 5.92 Å². The molecule has 55 heavy (non-hydrogen) atoms. The van der Waals surface area contributed by atoms with Crippen molar-refractivity contribution in [2.75, 3.05) is 26.4 Å². The van der Waals surface area contributed by atoms with E-state index < -0.39 is 70.6 Å². The molecule has 0 aliphatic heterocycles. The maximum Gasteiger partial charge on any atom is 0.472 e. The van der Waals surface area contributed by atoms with Crippen molar-refractivity contribution in [3.05, 3.63) is 48.6 Å². The molecule has 0 bridgehead atoms. The summed E-state index contributed by atoms with van der Waals surface area (Å²) in [6.45, 7) is 4.29. The second kappa shape index (κ2) is 36.2. The van der Waals surface area contributed by atoms with Crippen LogP contribution in [-0.2, 0) is 32.7 Å². The van der Waals surface area contributed by atoms with Crippen LogP contribution in [0.4, 0.5) is 0 Å². The lowest BCUT2D eigenvalue weighted by molar-refractivity contribution is -0.161. The molecule has 13 heteroatoms. The molecule has 0 rings (SSSR count). The molecular formula is C42H75O12P. The number of hydrogen-bond acceptors (Lipinski definition) is 11. The molecule has 0 saturated heterocycles. The van der Waals surface area contributed by atoms with Crippen LogP contribution < -0.4 is 0 Å². The van der Waals surface area contributed by atoms with Crippen molar-refractivity contribution in [3.63, 3.8) is 0 Å². The molecule has 320 valence electrons. The third-order valence-electron chi connectivity index (χ3n) is 8.62. The first-order valence-corrected chi connectivity index (χ1v) is 22.2. The number of ether oxygens (including phenoxy) is 2. The molecule has 0 spiro atoms. The lowest BCUT2D eigenvalue weighted by atomic mass is 10.0. The molecule has 0 aromatic carbocycles. The third-order valence-corrected chi connectivity index (χ3v) is 9.57. The van der Waals surface area contributed by atoms with E-state index in [4.69, 9.17) is 19.1 Å². The van der Waals surface area contributed by atoms with Crippen LogP contribution >= 0.6 is 7.82 Å². The minimum Gasteiger partial charge on any atom is -0.462 e. The Morgan fingerprint density at radius 2 is 1.15 bits per heavy atom. The summed E-state index contributed by atoms with van der Waals surface area (Å²) in [5.41, 5.74) is 0. The van der Waals surface area contributed by atoms with Crippen molar-refractivity contribution in [1.29, 1.82) is 0 Å². The number of phosphoric acid groups is 1. The molecule has 0 fully saturated rings. The van der Waals surface area contributed by atoms with Crippen LogP contribution in [0.1, 0.15) is 149 Å². The Balaban J connectivity index is 4.59. The smallest absolute Gasteiger partial charge is 0.462 e. The molecule has 0 aliphatic carbocycles. The van der Waals surface area contributed by atoms with Gasteiger partial charge in [0.05, 0.1) is 32.0 Å². The topological polar surface area (TPSA) is 189 Å². The van der Waals surface area contributed by atoms with Crippen LogP contribution in [0.5, 0.6) is 0 Å². The van der Waals surface area contributed by atoms with Gasteiger partial charge in [-0.15, -0.1) is 0 Å². The number of carbonyl (C=O) groups is 2. The van der Waals surface area contributed by atoms with Gasteiger partial charge >= 0.3 is 19.8 Å². The van der Waals surface area contributed by atoms with E-state index in [1.54, 1.807) is 18.2 Å². The maximum atomic E-state index is 12.6. The minimum atomic E-state index is -4.68. The van der Waals surface area contributed by atoms with E-state index in [0.29, 0.717) is 19.3 Å². The molecule has 0 amide bonds. The standard InChI is InChI=1S/C42H75O12P/c1-4-5-19-26-37(44)27-21-16-12-10-13-17-22-28-38(45)29-24-31-42(48)54-40(35-53-55(49,50)52-33-39(46)32-43)34-51-41(47)30-23-18-14-9-7-6-8-11-15-20-25-36(2)3/h12-13,16-17,21-22,27-28,36-40,43-46H,4-11,14-15,18-20,23-26,29-35H2,1-3H3,(H,49,50)/b16-12-,17-13-,27-21+,28-22+/t37-,38-,39+,40-/m1/s1.